The summed E-state index contributed by atoms with van der Waals surface area (Å²) in [7, 11) is 0. The van der Waals surface area contributed by atoms with Crippen molar-refractivity contribution in [1.29, 1.82) is 0 Å². The van der Waals surface area contributed by atoms with Crippen molar-refractivity contribution >= 4 is 28.7 Å². The number of nitro benzene ring substituents is 1. The van der Waals surface area contributed by atoms with Gasteiger partial charge in [-0.1, -0.05) is 19.8 Å². The van der Waals surface area contributed by atoms with Gasteiger partial charge in [0.1, 0.15) is 0 Å². The molecule has 126 valence electrons. The summed E-state index contributed by atoms with van der Waals surface area (Å²) in [5.41, 5.74) is 0.956. The SMILES string of the molecule is C[C@@H]1CCCC[C@@H]1NC(=S)NCCNc1ccc([N+](=O)[O-])cc1. The van der Waals surface area contributed by atoms with Gasteiger partial charge in [-0.3, -0.25) is 10.1 Å². The van der Waals surface area contributed by atoms with E-state index in [1.54, 1.807) is 12.1 Å². The number of hydrogen-bond donors (Lipinski definition) is 3. The number of rotatable bonds is 6. The molecule has 3 N–H and O–H groups in total. The Morgan fingerprint density at radius 3 is 2.61 bits per heavy atom. The first-order valence-corrected chi connectivity index (χ1v) is 8.50. The number of hydrogen-bond acceptors (Lipinski definition) is 4. The fraction of sp³-hybridized carbons (Fsp3) is 0.562. The van der Waals surface area contributed by atoms with E-state index in [-0.39, 0.29) is 5.69 Å². The lowest BCUT2D eigenvalue weighted by Crippen LogP contribution is -2.46. The van der Waals surface area contributed by atoms with Crippen molar-refractivity contribution in [2.24, 2.45) is 5.92 Å². The van der Waals surface area contributed by atoms with Crippen LogP contribution in [0.25, 0.3) is 0 Å². The van der Waals surface area contributed by atoms with Crippen LogP contribution in [0.2, 0.25) is 0 Å². The number of non-ortho nitro benzene ring substituents is 1. The molecule has 2 atom stereocenters. The van der Waals surface area contributed by atoms with Crippen molar-refractivity contribution in [1.82, 2.24) is 10.6 Å². The molecule has 0 aromatic heterocycles. The average Bonchev–Trinajstić information content (AvgIpc) is 2.54. The molecule has 0 spiro atoms. The normalized spacial score (nSPS) is 20.6. The number of nitro groups is 1. The smallest absolute Gasteiger partial charge is 0.269 e. The van der Waals surface area contributed by atoms with Gasteiger partial charge in [0.25, 0.3) is 5.69 Å². The molecular formula is C16H24N4O2S. The fourth-order valence-corrected chi connectivity index (χ4v) is 3.09. The molecule has 0 saturated heterocycles. The quantitative estimate of drug-likeness (QED) is 0.321. The highest BCUT2D eigenvalue weighted by molar-refractivity contribution is 7.80. The van der Waals surface area contributed by atoms with E-state index in [9.17, 15) is 10.1 Å². The van der Waals surface area contributed by atoms with Crippen LogP contribution in [-0.2, 0) is 0 Å². The summed E-state index contributed by atoms with van der Waals surface area (Å²) in [4.78, 5) is 10.2. The molecule has 1 aromatic carbocycles. The Bertz CT molecular complexity index is 535. The minimum atomic E-state index is -0.401. The largest absolute Gasteiger partial charge is 0.383 e. The second-order valence-electron chi connectivity index (χ2n) is 6.00. The lowest BCUT2D eigenvalue weighted by Gasteiger charge is -2.30. The van der Waals surface area contributed by atoms with Crippen LogP contribution in [0, 0.1) is 16.0 Å². The molecule has 1 saturated carbocycles. The van der Waals surface area contributed by atoms with Crippen LogP contribution >= 0.6 is 12.2 Å². The van der Waals surface area contributed by atoms with Gasteiger partial charge < -0.3 is 16.0 Å². The van der Waals surface area contributed by atoms with Gasteiger partial charge in [0.15, 0.2) is 5.11 Å². The summed E-state index contributed by atoms with van der Waals surface area (Å²) >= 11 is 5.34. The molecule has 2 rings (SSSR count). The maximum absolute atomic E-state index is 10.6. The molecule has 0 unspecified atom stereocenters. The summed E-state index contributed by atoms with van der Waals surface area (Å²) in [6.07, 6.45) is 5.04. The summed E-state index contributed by atoms with van der Waals surface area (Å²) in [6.45, 7) is 3.67. The van der Waals surface area contributed by atoms with E-state index in [4.69, 9.17) is 12.2 Å². The van der Waals surface area contributed by atoms with E-state index in [1.807, 2.05) is 0 Å². The Hall–Kier alpha value is -1.89. The third kappa shape index (κ3) is 5.67. The van der Waals surface area contributed by atoms with Gasteiger partial charge in [-0.2, -0.15) is 0 Å². The Kier molecular flexibility index (Phi) is 6.58. The standard InChI is InChI=1S/C16H24N4O2S/c1-12-4-2-3-5-15(12)19-16(23)18-11-10-17-13-6-8-14(9-7-13)20(21)22/h6-9,12,15,17H,2-5,10-11H2,1H3,(H2,18,19,23)/t12-,15+/m1/s1. The first-order valence-electron chi connectivity index (χ1n) is 8.09. The van der Waals surface area contributed by atoms with Gasteiger partial charge in [-0.25, -0.2) is 0 Å². The van der Waals surface area contributed by atoms with Crippen molar-refractivity contribution in [3.8, 4) is 0 Å². The fourth-order valence-electron chi connectivity index (χ4n) is 2.83. The highest BCUT2D eigenvalue weighted by atomic mass is 32.1. The highest BCUT2D eigenvalue weighted by Gasteiger charge is 2.21. The number of thiocarbonyl (C=S) groups is 1. The molecule has 0 bridgehead atoms. The second kappa shape index (κ2) is 8.67. The number of nitrogens with one attached hydrogen (secondary N) is 3. The Morgan fingerprint density at radius 1 is 1.26 bits per heavy atom. The molecule has 7 heteroatoms. The molecule has 1 aliphatic carbocycles. The molecule has 0 aliphatic heterocycles. The van der Waals surface area contributed by atoms with Crippen molar-refractivity contribution in [3.05, 3.63) is 34.4 Å². The Balaban J connectivity index is 1.64. The lowest BCUT2D eigenvalue weighted by atomic mass is 9.86. The maximum Gasteiger partial charge on any atom is 0.269 e. The number of anilines is 1. The molecule has 1 aromatic rings. The predicted octanol–water partition coefficient (Wildman–Crippen LogP) is 3.05. The van der Waals surface area contributed by atoms with Gasteiger partial charge >= 0.3 is 0 Å². The van der Waals surface area contributed by atoms with Gasteiger partial charge in [0.2, 0.25) is 0 Å². The van der Waals surface area contributed by atoms with Crippen LogP contribution in [0.5, 0.6) is 0 Å². The van der Waals surface area contributed by atoms with Crippen LogP contribution in [0.1, 0.15) is 32.6 Å². The van der Waals surface area contributed by atoms with Crippen molar-refractivity contribution in [2.45, 2.75) is 38.6 Å². The molecule has 0 heterocycles. The van der Waals surface area contributed by atoms with Gasteiger partial charge in [-0.05, 0) is 43.1 Å². The minimum Gasteiger partial charge on any atom is -0.383 e. The minimum absolute atomic E-state index is 0.0978. The van der Waals surface area contributed by atoms with E-state index >= 15 is 0 Å². The number of benzene rings is 1. The summed E-state index contributed by atoms with van der Waals surface area (Å²) in [5, 5.41) is 21.1. The first-order chi connectivity index (χ1) is 11.1. The zero-order chi connectivity index (χ0) is 16.7. The van der Waals surface area contributed by atoms with Crippen molar-refractivity contribution < 1.29 is 4.92 Å². The van der Waals surface area contributed by atoms with E-state index in [0.29, 0.717) is 30.2 Å². The third-order valence-corrected chi connectivity index (χ3v) is 4.51. The Labute approximate surface area is 142 Å². The average molecular weight is 336 g/mol. The van der Waals surface area contributed by atoms with Crippen molar-refractivity contribution in [2.75, 3.05) is 18.4 Å². The number of nitrogens with zero attached hydrogens (tertiary/aromatic N) is 1. The van der Waals surface area contributed by atoms with Gasteiger partial charge in [0, 0.05) is 37.0 Å². The summed E-state index contributed by atoms with van der Waals surface area (Å²) in [5.74, 6) is 0.668. The summed E-state index contributed by atoms with van der Waals surface area (Å²) in [6, 6.07) is 6.88. The Morgan fingerprint density at radius 2 is 1.96 bits per heavy atom. The topological polar surface area (TPSA) is 79.2 Å². The van der Waals surface area contributed by atoms with E-state index < -0.39 is 4.92 Å². The highest BCUT2D eigenvalue weighted by Crippen LogP contribution is 2.23. The predicted molar refractivity (Wildman–Crippen MR) is 96.7 cm³/mol. The summed E-state index contributed by atoms with van der Waals surface area (Å²) < 4.78 is 0. The van der Waals surface area contributed by atoms with E-state index in [1.165, 1.54) is 37.8 Å². The monoisotopic (exact) mass is 336 g/mol. The zero-order valence-electron chi connectivity index (χ0n) is 13.4. The van der Waals surface area contributed by atoms with Crippen LogP contribution in [0.15, 0.2) is 24.3 Å². The zero-order valence-corrected chi connectivity index (χ0v) is 14.2. The molecule has 23 heavy (non-hydrogen) atoms. The van der Waals surface area contributed by atoms with E-state index in [2.05, 4.69) is 22.9 Å². The van der Waals surface area contributed by atoms with Crippen LogP contribution in [0.3, 0.4) is 0 Å². The van der Waals surface area contributed by atoms with Crippen LogP contribution < -0.4 is 16.0 Å². The van der Waals surface area contributed by atoms with Crippen LogP contribution in [-0.4, -0.2) is 29.2 Å². The molecule has 0 amide bonds. The third-order valence-electron chi connectivity index (χ3n) is 4.25. The molecular weight excluding hydrogens is 312 g/mol. The van der Waals surface area contributed by atoms with Crippen LogP contribution in [0.4, 0.5) is 11.4 Å². The second-order valence-corrected chi connectivity index (χ2v) is 6.41. The van der Waals surface area contributed by atoms with Gasteiger partial charge in [-0.15, -0.1) is 0 Å². The maximum atomic E-state index is 10.6. The molecule has 6 nitrogen and oxygen atoms in total. The lowest BCUT2D eigenvalue weighted by molar-refractivity contribution is -0.384. The van der Waals surface area contributed by atoms with Crippen molar-refractivity contribution in [3.63, 3.8) is 0 Å². The van der Waals surface area contributed by atoms with E-state index in [0.717, 1.165) is 5.69 Å². The first kappa shape index (κ1) is 17.5. The molecule has 1 aliphatic rings. The molecule has 1 fully saturated rings. The van der Waals surface area contributed by atoms with Gasteiger partial charge in [0.05, 0.1) is 4.92 Å². The molecule has 0 radical (unpaired) electrons.